The van der Waals surface area contributed by atoms with Gasteiger partial charge in [0, 0.05) is 18.1 Å². The van der Waals surface area contributed by atoms with Gasteiger partial charge in [0.25, 0.3) is 0 Å². The number of hydrogen-bond acceptors (Lipinski definition) is 2. The Hall–Kier alpha value is -2.19. The summed E-state index contributed by atoms with van der Waals surface area (Å²) in [4.78, 5) is 4.37. The van der Waals surface area contributed by atoms with E-state index in [0.717, 1.165) is 12.1 Å². The molecule has 0 amide bonds. The van der Waals surface area contributed by atoms with Crippen molar-refractivity contribution in [2.75, 3.05) is 7.05 Å². The molecule has 0 saturated carbocycles. The molecule has 2 heteroatoms. The lowest BCUT2D eigenvalue weighted by Gasteiger charge is -2.09. The molecule has 3 aromatic rings. The Labute approximate surface area is 119 Å². The molecule has 0 atom stereocenters. The fourth-order valence-corrected chi connectivity index (χ4v) is 2.61. The van der Waals surface area contributed by atoms with Crippen molar-refractivity contribution in [1.29, 1.82) is 0 Å². The Bertz CT molecular complexity index is 747. The minimum Gasteiger partial charge on any atom is -0.316 e. The fraction of sp³-hybridized carbons (Fsp3) is 0.167. The van der Waals surface area contributed by atoms with Crippen molar-refractivity contribution in [3.8, 4) is 11.1 Å². The summed E-state index contributed by atoms with van der Waals surface area (Å²) in [6, 6.07) is 17.2. The molecule has 2 aromatic carbocycles. The first kappa shape index (κ1) is 12.8. The lowest BCUT2D eigenvalue weighted by molar-refractivity contribution is 0.817. The summed E-state index contributed by atoms with van der Waals surface area (Å²) in [6.45, 7) is 3.07. The molecule has 0 fully saturated rings. The highest BCUT2D eigenvalue weighted by Crippen LogP contribution is 2.27. The van der Waals surface area contributed by atoms with Crippen LogP contribution in [-0.4, -0.2) is 12.0 Å². The minimum absolute atomic E-state index is 0.906. The summed E-state index contributed by atoms with van der Waals surface area (Å²) in [6.07, 6.45) is 1.83. The van der Waals surface area contributed by atoms with Crippen molar-refractivity contribution in [3.05, 3.63) is 65.9 Å². The number of aryl methyl sites for hydroxylation is 1. The first-order valence-electron chi connectivity index (χ1n) is 6.87. The SMILES string of the molecule is CNCc1ccc(-c2ccc3ncccc3c2)c(C)c1. The van der Waals surface area contributed by atoms with Gasteiger partial charge in [0.1, 0.15) is 0 Å². The third-order valence-electron chi connectivity index (χ3n) is 3.59. The van der Waals surface area contributed by atoms with Crippen molar-refractivity contribution in [2.45, 2.75) is 13.5 Å². The van der Waals surface area contributed by atoms with E-state index in [2.05, 4.69) is 59.7 Å². The quantitative estimate of drug-likeness (QED) is 0.773. The molecule has 20 heavy (non-hydrogen) atoms. The first-order valence-corrected chi connectivity index (χ1v) is 6.87. The Balaban J connectivity index is 2.06. The van der Waals surface area contributed by atoms with E-state index in [9.17, 15) is 0 Å². The van der Waals surface area contributed by atoms with Gasteiger partial charge < -0.3 is 5.32 Å². The minimum atomic E-state index is 0.906. The topological polar surface area (TPSA) is 24.9 Å². The van der Waals surface area contributed by atoms with Crippen molar-refractivity contribution in [2.24, 2.45) is 0 Å². The van der Waals surface area contributed by atoms with Crippen molar-refractivity contribution in [3.63, 3.8) is 0 Å². The number of nitrogens with zero attached hydrogens (tertiary/aromatic N) is 1. The van der Waals surface area contributed by atoms with Crippen LogP contribution in [0.5, 0.6) is 0 Å². The summed E-state index contributed by atoms with van der Waals surface area (Å²) in [5.74, 6) is 0. The van der Waals surface area contributed by atoms with Gasteiger partial charge in [0.2, 0.25) is 0 Å². The summed E-state index contributed by atoms with van der Waals surface area (Å²) in [5.41, 5.74) is 6.20. The number of aromatic nitrogens is 1. The predicted octanol–water partition coefficient (Wildman–Crippen LogP) is 3.93. The van der Waals surface area contributed by atoms with E-state index in [4.69, 9.17) is 0 Å². The van der Waals surface area contributed by atoms with E-state index in [1.807, 2.05) is 19.3 Å². The van der Waals surface area contributed by atoms with Crippen molar-refractivity contribution >= 4 is 10.9 Å². The lowest BCUT2D eigenvalue weighted by Crippen LogP contribution is -2.05. The predicted molar refractivity (Wildman–Crippen MR) is 84.7 cm³/mol. The highest BCUT2D eigenvalue weighted by atomic mass is 14.8. The second-order valence-corrected chi connectivity index (χ2v) is 5.09. The molecule has 1 heterocycles. The molecular formula is C18H18N2. The van der Waals surface area contributed by atoms with Crippen molar-refractivity contribution in [1.82, 2.24) is 10.3 Å². The first-order chi connectivity index (χ1) is 9.78. The molecule has 1 N–H and O–H groups in total. The van der Waals surface area contributed by atoms with E-state index in [0.29, 0.717) is 0 Å². The summed E-state index contributed by atoms with van der Waals surface area (Å²) < 4.78 is 0. The Morgan fingerprint density at radius 3 is 2.75 bits per heavy atom. The van der Waals surface area contributed by atoms with E-state index in [1.54, 1.807) is 0 Å². The Morgan fingerprint density at radius 2 is 1.95 bits per heavy atom. The molecule has 0 saturated heterocycles. The van der Waals surface area contributed by atoms with Gasteiger partial charge in [0.05, 0.1) is 5.52 Å². The third kappa shape index (κ3) is 2.43. The number of nitrogens with one attached hydrogen (secondary N) is 1. The van der Waals surface area contributed by atoms with Crippen LogP contribution in [0.3, 0.4) is 0 Å². The normalized spacial score (nSPS) is 10.9. The highest BCUT2D eigenvalue weighted by Gasteiger charge is 2.04. The van der Waals surface area contributed by atoms with Crippen molar-refractivity contribution < 1.29 is 0 Å². The van der Waals surface area contributed by atoms with Crippen LogP contribution in [0.25, 0.3) is 22.0 Å². The van der Waals surface area contributed by atoms with Crippen LogP contribution in [0.4, 0.5) is 0 Å². The van der Waals surface area contributed by atoms with Gasteiger partial charge >= 0.3 is 0 Å². The lowest BCUT2D eigenvalue weighted by atomic mass is 9.97. The zero-order chi connectivity index (χ0) is 13.9. The van der Waals surface area contributed by atoms with Gasteiger partial charge in [-0.25, -0.2) is 0 Å². The zero-order valence-corrected chi connectivity index (χ0v) is 11.9. The van der Waals surface area contributed by atoms with E-state index >= 15 is 0 Å². The maximum Gasteiger partial charge on any atom is 0.0702 e. The van der Waals surface area contributed by atoms with Crippen LogP contribution >= 0.6 is 0 Å². The maximum absolute atomic E-state index is 4.37. The number of pyridine rings is 1. The van der Waals surface area contributed by atoms with Crippen LogP contribution in [0.1, 0.15) is 11.1 Å². The van der Waals surface area contributed by atoms with Gasteiger partial charge in [-0.15, -0.1) is 0 Å². The molecule has 0 radical (unpaired) electrons. The molecule has 100 valence electrons. The van der Waals surface area contributed by atoms with Gasteiger partial charge in [-0.1, -0.05) is 30.3 Å². The summed E-state index contributed by atoms with van der Waals surface area (Å²) in [7, 11) is 1.97. The average molecular weight is 262 g/mol. The van der Waals surface area contributed by atoms with E-state index < -0.39 is 0 Å². The molecular weight excluding hydrogens is 244 g/mol. The molecule has 0 bridgehead atoms. The van der Waals surface area contributed by atoms with Gasteiger partial charge in [0.15, 0.2) is 0 Å². The third-order valence-corrected chi connectivity index (χ3v) is 3.59. The van der Waals surface area contributed by atoms with Crippen LogP contribution in [-0.2, 0) is 6.54 Å². The Kier molecular flexibility index (Phi) is 3.48. The van der Waals surface area contributed by atoms with Gasteiger partial charge in [-0.05, 0) is 54.4 Å². The number of hydrogen-bond donors (Lipinski definition) is 1. The van der Waals surface area contributed by atoms with E-state index in [-0.39, 0.29) is 0 Å². The van der Waals surface area contributed by atoms with E-state index in [1.165, 1.54) is 27.6 Å². The smallest absolute Gasteiger partial charge is 0.0702 e. The largest absolute Gasteiger partial charge is 0.316 e. The molecule has 0 aliphatic heterocycles. The molecule has 0 aliphatic carbocycles. The van der Waals surface area contributed by atoms with Gasteiger partial charge in [-0.3, -0.25) is 4.98 Å². The molecule has 0 spiro atoms. The molecule has 0 unspecified atom stereocenters. The zero-order valence-electron chi connectivity index (χ0n) is 11.9. The molecule has 2 nitrogen and oxygen atoms in total. The molecule has 0 aliphatic rings. The van der Waals surface area contributed by atoms with Crippen LogP contribution < -0.4 is 5.32 Å². The fourth-order valence-electron chi connectivity index (χ4n) is 2.61. The highest BCUT2D eigenvalue weighted by molar-refractivity contribution is 5.84. The molecule has 3 rings (SSSR count). The number of benzene rings is 2. The van der Waals surface area contributed by atoms with Crippen LogP contribution in [0, 0.1) is 6.92 Å². The standard InChI is InChI=1S/C18H18N2/c1-13-10-14(12-19-2)5-7-17(13)15-6-8-18-16(11-15)4-3-9-20-18/h3-11,19H,12H2,1-2H3. The number of rotatable bonds is 3. The summed E-state index contributed by atoms with van der Waals surface area (Å²) >= 11 is 0. The van der Waals surface area contributed by atoms with Crippen LogP contribution in [0.2, 0.25) is 0 Å². The second kappa shape index (κ2) is 5.43. The van der Waals surface area contributed by atoms with Crippen LogP contribution in [0.15, 0.2) is 54.7 Å². The summed E-state index contributed by atoms with van der Waals surface area (Å²) in [5, 5.41) is 4.37. The van der Waals surface area contributed by atoms with Gasteiger partial charge in [-0.2, -0.15) is 0 Å². The maximum atomic E-state index is 4.37. The second-order valence-electron chi connectivity index (χ2n) is 5.09. The Morgan fingerprint density at radius 1 is 1.05 bits per heavy atom. The number of fused-ring (bicyclic) bond motifs is 1. The monoisotopic (exact) mass is 262 g/mol. The molecule has 1 aromatic heterocycles. The average Bonchev–Trinajstić information content (AvgIpc) is 2.47.